The number of carbonyl (C=O) groups excluding carboxylic acids is 2. The summed E-state index contributed by atoms with van der Waals surface area (Å²) in [6.07, 6.45) is 3.35. The number of hydrogen-bond donors (Lipinski definition) is 1. The Hall–Kier alpha value is -2.94. The first-order chi connectivity index (χ1) is 15.0. The highest BCUT2D eigenvalue weighted by Gasteiger charge is 2.41. The second kappa shape index (κ2) is 9.47. The van der Waals surface area contributed by atoms with E-state index in [1.54, 1.807) is 29.3 Å². The molecule has 2 aromatic rings. The lowest BCUT2D eigenvalue weighted by Crippen LogP contribution is -2.52. The van der Waals surface area contributed by atoms with Crippen LogP contribution < -0.4 is 4.74 Å². The molecule has 0 bridgehead atoms. The zero-order chi connectivity index (χ0) is 21.7. The molecule has 2 saturated heterocycles. The summed E-state index contributed by atoms with van der Waals surface area (Å²) in [6, 6.07) is 7.48. The molecule has 2 amide bonds. The molecule has 0 aliphatic carbocycles. The number of rotatable bonds is 6. The number of nitrogens with one attached hydrogen (secondary N) is 1. The van der Waals surface area contributed by atoms with Gasteiger partial charge in [-0.1, -0.05) is 0 Å². The van der Waals surface area contributed by atoms with Crippen molar-refractivity contribution < 1.29 is 23.5 Å². The van der Waals surface area contributed by atoms with Gasteiger partial charge in [-0.2, -0.15) is 5.10 Å². The smallest absolute Gasteiger partial charge is 0.271 e. The Labute approximate surface area is 180 Å². The van der Waals surface area contributed by atoms with Gasteiger partial charge in [-0.05, 0) is 43.2 Å². The van der Waals surface area contributed by atoms with Crippen LogP contribution >= 0.6 is 0 Å². The number of amides is 2. The van der Waals surface area contributed by atoms with Gasteiger partial charge in [0.05, 0.1) is 19.8 Å². The predicted octanol–water partition coefficient (Wildman–Crippen LogP) is 2.10. The number of ether oxygens (including phenoxy) is 2. The first kappa shape index (κ1) is 21.3. The Morgan fingerprint density at radius 1 is 1.13 bits per heavy atom. The van der Waals surface area contributed by atoms with Crippen LogP contribution in [0.4, 0.5) is 4.39 Å². The molecule has 2 fully saturated rings. The van der Waals surface area contributed by atoms with E-state index in [4.69, 9.17) is 9.47 Å². The molecule has 3 heterocycles. The lowest BCUT2D eigenvalue weighted by atomic mass is 9.77. The molecule has 4 rings (SSSR count). The van der Waals surface area contributed by atoms with Gasteiger partial charge in [0.2, 0.25) is 5.91 Å². The molecule has 0 spiro atoms. The first-order valence-corrected chi connectivity index (χ1v) is 10.6. The second-order valence-electron chi connectivity index (χ2n) is 8.21. The third-order valence-electron chi connectivity index (χ3n) is 5.93. The molecule has 1 N–H and O–H groups in total. The molecular weight excluding hydrogens is 403 g/mol. The van der Waals surface area contributed by atoms with E-state index in [9.17, 15) is 14.0 Å². The SMILES string of the molecule is O=C(C[C@@]1(COc2ccc(F)cc2)CCCN(C(=O)c2ccn[nH]2)C1)N1CCOCC1. The Kier molecular flexibility index (Phi) is 6.50. The number of morpholine rings is 1. The monoisotopic (exact) mass is 430 g/mol. The van der Waals surface area contributed by atoms with E-state index >= 15 is 0 Å². The fourth-order valence-corrected chi connectivity index (χ4v) is 4.25. The van der Waals surface area contributed by atoms with Crippen molar-refractivity contribution >= 4 is 11.8 Å². The van der Waals surface area contributed by atoms with Gasteiger partial charge in [0.15, 0.2) is 0 Å². The van der Waals surface area contributed by atoms with Gasteiger partial charge in [-0.25, -0.2) is 4.39 Å². The number of aromatic amines is 1. The van der Waals surface area contributed by atoms with Crippen LogP contribution in [-0.4, -0.2) is 77.8 Å². The fourth-order valence-electron chi connectivity index (χ4n) is 4.25. The summed E-state index contributed by atoms with van der Waals surface area (Å²) in [5.41, 5.74) is -0.104. The van der Waals surface area contributed by atoms with Crippen LogP contribution in [0.3, 0.4) is 0 Å². The van der Waals surface area contributed by atoms with Gasteiger partial charge in [0.1, 0.15) is 17.3 Å². The highest BCUT2D eigenvalue weighted by Crippen LogP contribution is 2.36. The maximum absolute atomic E-state index is 13.2. The van der Waals surface area contributed by atoms with E-state index in [1.807, 2.05) is 4.90 Å². The average Bonchev–Trinajstić information content (AvgIpc) is 3.34. The van der Waals surface area contributed by atoms with Crippen LogP contribution in [0.5, 0.6) is 5.75 Å². The molecular formula is C22H27FN4O4. The van der Waals surface area contributed by atoms with Crippen molar-refractivity contribution in [1.82, 2.24) is 20.0 Å². The highest BCUT2D eigenvalue weighted by atomic mass is 19.1. The first-order valence-electron chi connectivity index (χ1n) is 10.6. The second-order valence-corrected chi connectivity index (χ2v) is 8.21. The summed E-state index contributed by atoms with van der Waals surface area (Å²) >= 11 is 0. The molecule has 2 aliphatic heterocycles. The normalized spacial score (nSPS) is 21.7. The number of aromatic nitrogens is 2. The zero-order valence-electron chi connectivity index (χ0n) is 17.4. The minimum absolute atomic E-state index is 0.0434. The third-order valence-corrected chi connectivity index (χ3v) is 5.93. The summed E-state index contributed by atoms with van der Waals surface area (Å²) in [6.45, 7) is 3.51. The lowest BCUT2D eigenvalue weighted by Gasteiger charge is -2.43. The molecule has 9 heteroatoms. The van der Waals surface area contributed by atoms with Crippen molar-refractivity contribution in [2.75, 3.05) is 46.0 Å². The van der Waals surface area contributed by atoms with Gasteiger partial charge in [0.25, 0.3) is 5.91 Å². The minimum Gasteiger partial charge on any atom is -0.493 e. The summed E-state index contributed by atoms with van der Waals surface area (Å²) in [4.78, 5) is 29.6. The lowest BCUT2D eigenvalue weighted by molar-refractivity contribution is -0.139. The number of hydrogen-bond acceptors (Lipinski definition) is 5. The maximum atomic E-state index is 13.2. The molecule has 1 aromatic carbocycles. The minimum atomic E-state index is -0.530. The Morgan fingerprint density at radius 3 is 2.61 bits per heavy atom. The van der Waals surface area contributed by atoms with Crippen LogP contribution in [0.15, 0.2) is 36.5 Å². The van der Waals surface area contributed by atoms with Crippen molar-refractivity contribution in [1.29, 1.82) is 0 Å². The van der Waals surface area contributed by atoms with Crippen molar-refractivity contribution in [3.63, 3.8) is 0 Å². The number of likely N-dealkylation sites (tertiary alicyclic amines) is 1. The maximum Gasteiger partial charge on any atom is 0.271 e. The Bertz CT molecular complexity index is 883. The topological polar surface area (TPSA) is 87.8 Å². The van der Waals surface area contributed by atoms with Crippen LogP contribution in [0.1, 0.15) is 29.8 Å². The van der Waals surface area contributed by atoms with Crippen LogP contribution in [0.2, 0.25) is 0 Å². The van der Waals surface area contributed by atoms with Crippen molar-refractivity contribution in [3.05, 3.63) is 48.0 Å². The molecule has 8 nitrogen and oxygen atoms in total. The van der Waals surface area contributed by atoms with Crippen molar-refractivity contribution in [3.8, 4) is 5.75 Å². The number of H-pyrrole nitrogens is 1. The highest BCUT2D eigenvalue weighted by molar-refractivity contribution is 5.92. The molecule has 166 valence electrons. The van der Waals surface area contributed by atoms with E-state index in [2.05, 4.69) is 10.2 Å². The molecule has 0 unspecified atom stereocenters. The fraction of sp³-hybridized carbons (Fsp3) is 0.500. The van der Waals surface area contributed by atoms with Crippen LogP contribution in [-0.2, 0) is 9.53 Å². The molecule has 0 radical (unpaired) electrons. The molecule has 2 aliphatic rings. The van der Waals surface area contributed by atoms with Gasteiger partial charge < -0.3 is 19.3 Å². The zero-order valence-corrected chi connectivity index (χ0v) is 17.4. The Balaban J connectivity index is 1.51. The molecule has 31 heavy (non-hydrogen) atoms. The van der Waals surface area contributed by atoms with E-state index in [-0.39, 0.29) is 30.7 Å². The number of nitrogens with zero attached hydrogens (tertiary/aromatic N) is 3. The van der Waals surface area contributed by atoms with Gasteiger partial charge >= 0.3 is 0 Å². The third kappa shape index (κ3) is 5.22. The Morgan fingerprint density at radius 2 is 1.90 bits per heavy atom. The summed E-state index contributed by atoms with van der Waals surface area (Å²) in [5.74, 6) is 0.110. The summed E-state index contributed by atoms with van der Waals surface area (Å²) in [7, 11) is 0. The van der Waals surface area contributed by atoms with E-state index < -0.39 is 5.41 Å². The van der Waals surface area contributed by atoms with Gasteiger partial charge in [-0.15, -0.1) is 0 Å². The number of carbonyl (C=O) groups is 2. The van der Waals surface area contributed by atoms with Crippen LogP contribution in [0, 0.1) is 11.2 Å². The van der Waals surface area contributed by atoms with E-state index in [1.165, 1.54) is 12.1 Å². The largest absolute Gasteiger partial charge is 0.493 e. The molecule has 1 atom stereocenters. The van der Waals surface area contributed by atoms with Crippen molar-refractivity contribution in [2.45, 2.75) is 19.3 Å². The van der Waals surface area contributed by atoms with Crippen LogP contribution in [0.25, 0.3) is 0 Å². The van der Waals surface area contributed by atoms with Gasteiger partial charge in [0, 0.05) is 44.2 Å². The summed E-state index contributed by atoms with van der Waals surface area (Å²) in [5, 5.41) is 6.59. The standard InChI is InChI=1S/C22H27FN4O4/c23-17-2-4-18(5-3-17)31-16-22(14-20(28)26-10-12-30-13-11-26)7-1-9-27(15-22)21(29)19-6-8-24-25-19/h2-6,8H,1,7,9-16H2,(H,24,25)/t22-/m0/s1. The predicted molar refractivity (Wildman–Crippen MR) is 110 cm³/mol. The van der Waals surface area contributed by atoms with E-state index in [0.29, 0.717) is 50.8 Å². The number of benzene rings is 1. The van der Waals surface area contributed by atoms with Gasteiger partial charge in [-0.3, -0.25) is 14.7 Å². The number of piperidine rings is 1. The van der Waals surface area contributed by atoms with E-state index in [0.717, 1.165) is 12.8 Å². The summed E-state index contributed by atoms with van der Waals surface area (Å²) < 4.78 is 24.6. The number of halogens is 1. The average molecular weight is 430 g/mol. The van der Waals surface area contributed by atoms with Crippen molar-refractivity contribution in [2.24, 2.45) is 5.41 Å². The quantitative estimate of drug-likeness (QED) is 0.758. The molecule has 1 aromatic heterocycles. The molecule has 0 saturated carbocycles.